The van der Waals surface area contributed by atoms with Crippen molar-refractivity contribution in [2.24, 2.45) is 5.11 Å². The number of carbonyl (C=O) groups is 3. The van der Waals surface area contributed by atoms with Gasteiger partial charge < -0.3 is 9.47 Å². The van der Waals surface area contributed by atoms with Crippen molar-refractivity contribution in [1.29, 1.82) is 0 Å². The number of azide groups is 1. The van der Waals surface area contributed by atoms with E-state index in [4.69, 9.17) is 10.3 Å². The van der Waals surface area contributed by atoms with E-state index in [2.05, 4.69) is 27.8 Å². The molecule has 0 fully saturated rings. The Balaban J connectivity index is 0.000000247. The summed E-state index contributed by atoms with van der Waals surface area (Å²) in [4.78, 5) is 37.9. The predicted octanol–water partition coefficient (Wildman–Crippen LogP) is 5.29. The number of ether oxygens (including phenoxy) is 2. The van der Waals surface area contributed by atoms with E-state index in [1.165, 1.54) is 20.2 Å². The number of hydrogen-bond donors (Lipinski definition) is 0. The number of esters is 2. The van der Waals surface area contributed by atoms with Gasteiger partial charge in [-0.25, -0.2) is 4.79 Å². The Bertz CT molecular complexity index is 972. The maximum absolute atomic E-state index is 11.4. The number of carbonyl (C=O) groups excluding carboxylic acids is 3. The molecule has 8 nitrogen and oxygen atoms in total. The van der Waals surface area contributed by atoms with E-state index < -0.39 is 5.97 Å². The van der Waals surface area contributed by atoms with Crippen LogP contribution in [0.25, 0.3) is 16.5 Å². The fraction of sp³-hybridized carbons (Fsp3) is 0.381. The van der Waals surface area contributed by atoms with Gasteiger partial charge in [-0.3, -0.25) is 9.59 Å². The number of fused-ring (bicyclic) bond motifs is 1. The highest BCUT2D eigenvalue weighted by Gasteiger charge is 2.21. The Kier molecular flexibility index (Phi) is 11.9. The van der Waals surface area contributed by atoms with E-state index >= 15 is 0 Å². The lowest BCUT2D eigenvalue weighted by Gasteiger charge is -2.00. The molecule has 0 saturated carbocycles. The molecular formula is C21H25N3O5S2. The second-order valence-electron chi connectivity index (χ2n) is 6.10. The molecule has 0 aliphatic heterocycles. The van der Waals surface area contributed by atoms with Gasteiger partial charge in [0, 0.05) is 42.5 Å². The third-order valence-corrected chi connectivity index (χ3v) is 5.58. The van der Waals surface area contributed by atoms with Gasteiger partial charge in [0.05, 0.1) is 13.2 Å². The summed E-state index contributed by atoms with van der Waals surface area (Å²) in [5, 5.41) is 4.85. The summed E-state index contributed by atoms with van der Waals surface area (Å²) >= 11 is 3.35. The first kappa shape index (κ1) is 26.1. The molecule has 0 unspecified atom stereocenters. The van der Waals surface area contributed by atoms with Crippen molar-refractivity contribution in [1.82, 2.24) is 0 Å². The molecule has 0 aromatic carbocycles. The number of nitrogens with zero attached hydrogens (tertiary/aromatic N) is 3. The number of hydrogen-bond acceptors (Lipinski definition) is 8. The van der Waals surface area contributed by atoms with Gasteiger partial charge in [0.1, 0.15) is 6.54 Å². The second-order valence-corrected chi connectivity index (χ2v) is 8.56. The van der Waals surface area contributed by atoms with Crippen molar-refractivity contribution in [3.8, 4) is 0 Å². The fourth-order valence-electron chi connectivity index (χ4n) is 2.43. The Labute approximate surface area is 189 Å². The van der Waals surface area contributed by atoms with Crippen LogP contribution in [0.5, 0.6) is 0 Å². The maximum Gasteiger partial charge on any atom is 0.334 e. The summed E-state index contributed by atoms with van der Waals surface area (Å²) in [5.41, 5.74) is 10.5. The third kappa shape index (κ3) is 9.61. The van der Waals surface area contributed by atoms with E-state index in [-0.39, 0.29) is 12.5 Å². The minimum absolute atomic E-state index is 0.173. The van der Waals surface area contributed by atoms with Crippen molar-refractivity contribution in [2.45, 2.75) is 34.1 Å². The number of aldehydes is 1. The summed E-state index contributed by atoms with van der Waals surface area (Å²) in [6.07, 6.45) is 3.55. The Hall–Kier alpha value is -2.94. The quantitative estimate of drug-likeness (QED) is 0.190. The van der Waals surface area contributed by atoms with Crippen molar-refractivity contribution in [3.63, 3.8) is 0 Å². The van der Waals surface area contributed by atoms with Crippen LogP contribution in [0.1, 0.15) is 44.4 Å². The molecule has 0 radical (unpaired) electrons. The van der Waals surface area contributed by atoms with E-state index in [1.807, 2.05) is 31.4 Å². The largest absolute Gasteiger partial charge is 0.466 e. The van der Waals surface area contributed by atoms with Gasteiger partial charge in [-0.05, 0) is 57.0 Å². The fourth-order valence-corrected chi connectivity index (χ4v) is 4.12. The van der Waals surface area contributed by atoms with Crippen molar-refractivity contribution in [3.05, 3.63) is 59.3 Å². The molecule has 0 spiro atoms. The summed E-state index contributed by atoms with van der Waals surface area (Å²) in [5.74, 6) is -0.663. The van der Waals surface area contributed by atoms with Crippen LogP contribution in [-0.4, -0.2) is 38.0 Å². The van der Waals surface area contributed by atoms with Crippen LogP contribution in [0, 0.1) is 13.8 Å². The number of aryl methyl sites for hydroxylation is 2. The highest BCUT2D eigenvalue weighted by atomic mass is 32.1. The SMILES string of the molecule is CCOC(=O)C1=Cc2cc(C)sc2C1.CCOC(=O)CN=[N+]=[N-].Cc1cc(C=O)cs1. The topological polar surface area (TPSA) is 118 Å². The monoisotopic (exact) mass is 463 g/mol. The van der Waals surface area contributed by atoms with E-state index in [0.29, 0.717) is 13.2 Å². The number of rotatable bonds is 6. The first-order valence-electron chi connectivity index (χ1n) is 9.48. The van der Waals surface area contributed by atoms with Crippen LogP contribution < -0.4 is 0 Å². The smallest absolute Gasteiger partial charge is 0.334 e. The maximum atomic E-state index is 11.4. The van der Waals surface area contributed by atoms with Gasteiger partial charge in [0.15, 0.2) is 6.29 Å². The zero-order chi connectivity index (χ0) is 23.2. The summed E-state index contributed by atoms with van der Waals surface area (Å²) in [7, 11) is 0. The minimum atomic E-state index is -0.490. The van der Waals surface area contributed by atoms with Crippen LogP contribution in [0.3, 0.4) is 0 Å². The molecule has 0 N–H and O–H groups in total. The van der Waals surface area contributed by atoms with E-state index in [0.717, 1.165) is 23.8 Å². The highest BCUT2D eigenvalue weighted by Crippen LogP contribution is 2.32. The Morgan fingerprint density at radius 2 is 1.90 bits per heavy atom. The molecule has 2 aromatic heterocycles. The predicted molar refractivity (Wildman–Crippen MR) is 122 cm³/mol. The Morgan fingerprint density at radius 3 is 2.39 bits per heavy atom. The van der Waals surface area contributed by atoms with Crippen LogP contribution in [0.2, 0.25) is 0 Å². The lowest BCUT2D eigenvalue weighted by atomic mass is 10.2. The molecule has 0 bridgehead atoms. The molecule has 31 heavy (non-hydrogen) atoms. The lowest BCUT2D eigenvalue weighted by molar-refractivity contribution is -0.141. The van der Waals surface area contributed by atoms with Gasteiger partial charge in [-0.1, -0.05) is 5.11 Å². The number of thiophene rings is 2. The van der Waals surface area contributed by atoms with E-state index in [1.54, 1.807) is 29.6 Å². The van der Waals surface area contributed by atoms with Crippen molar-refractivity contribution < 1.29 is 23.9 Å². The van der Waals surface area contributed by atoms with Crippen molar-refractivity contribution in [2.75, 3.05) is 19.8 Å². The van der Waals surface area contributed by atoms with Crippen LogP contribution in [0.4, 0.5) is 0 Å². The van der Waals surface area contributed by atoms with Gasteiger partial charge in [0.25, 0.3) is 0 Å². The van der Waals surface area contributed by atoms with Crippen LogP contribution in [0.15, 0.2) is 28.2 Å². The van der Waals surface area contributed by atoms with Gasteiger partial charge in [-0.15, -0.1) is 22.7 Å². The molecule has 1 aliphatic rings. The lowest BCUT2D eigenvalue weighted by Crippen LogP contribution is -2.06. The normalized spacial score (nSPS) is 10.8. The molecule has 0 atom stereocenters. The minimum Gasteiger partial charge on any atom is -0.466 e. The molecule has 1 aliphatic carbocycles. The van der Waals surface area contributed by atoms with Gasteiger partial charge >= 0.3 is 11.9 Å². The molecule has 2 aromatic rings. The molecule has 2 heterocycles. The Morgan fingerprint density at radius 1 is 1.19 bits per heavy atom. The van der Waals surface area contributed by atoms with Gasteiger partial charge in [-0.2, -0.15) is 0 Å². The molecule has 0 amide bonds. The summed E-state index contributed by atoms with van der Waals surface area (Å²) < 4.78 is 9.39. The zero-order valence-electron chi connectivity index (χ0n) is 17.9. The summed E-state index contributed by atoms with van der Waals surface area (Å²) in [6, 6.07) is 3.99. The standard InChI is InChI=1S/C11H12O2S.C6H6OS.C4H7N3O2/c1-3-13-11(12)9-5-8-4-7(2)14-10(8)6-9;1-5-2-6(3-7)4-8-5;1-2-9-4(8)3-6-7-5/h4-5H,3,6H2,1-2H3;2-4H,1H3;2-3H2,1H3. The average Bonchev–Trinajstić information content (AvgIpc) is 3.42. The summed E-state index contributed by atoms with van der Waals surface area (Å²) in [6.45, 7) is 8.13. The van der Waals surface area contributed by atoms with E-state index in [9.17, 15) is 14.4 Å². The van der Waals surface area contributed by atoms with Crippen LogP contribution in [-0.2, 0) is 25.5 Å². The molecule has 3 rings (SSSR count). The first-order chi connectivity index (χ1) is 14.8. The van der Waals surface area contributed by atoms with Gasteiger partial charge in [0.2, 0.25) is 0 Å². The van der Waals surface area contributed by atoms with Crippen LogP contribution >= 0.6 is 22.7 Å². The van der Waals surface area contributed by atoms with Crippen molar-refractivity contribution >= 4 is 47.0 Å². The molecular weight excluding hydrogens is 438 g/mol. The zero-order valence-corrected chi connectivity index (χ0v) is 19.5. The first-order valence-corrected chi connectivity index (χ1v) is 11.2. The second kappa shape index (κ2) is 14.1. The molecule has 10 heteroatoms. The molecule has 166 valence electrons. The highest BCUT2D eigenvalue weighted by molar-refractivity contribution is 7.12. The third-order valence-electron chi connectivity index (χ3n) is 3.64. The average molecular weight is 464 g/mol. The molecule has 0 saturated heterocycles.